The molecule has 0 aliphatic rings. The molecule has 0 fully saturated rings. The van der Waals surface area contributed by atoms with Crippen molar-refractivity contribution in [1.29, 1.82) is 0 Å². The Kier molecular flexibility index (Phi) is 4.17. The van der Waals surface area contributed by atoms with E-state index in [9.17, 15) is 4.79 Å². The molecule has 0 radical (unpaired) electrons. The molecule has 82 valence electrons. The first kappa shape index (κ1) is 11.6. The van der Waals surface area contributed by atoms with Gasteiger partial charge in [-0.15, -0.1) is 0 Å². The topological polar surface area (TPSA) is 64.1 Å². The Hall–Kier alpha value is -1.49. The van der Waals surface area contributed by atoms with Gasteiger partial charge in [0.05, 0.1) is 0 Å². The maximum absolute atomic E-state index is 11.2. The third-order valence-corrected chi connectivity index (χ3v) is 1.82. The van der Waals surface area contributed by atoms with Gasteiger partial charge in [-0.3, -0.25) is 4.79 Å². The first-order valence-electron chi connectivity index (χ1n) is 4.74. The SMILES string of the molecule is COCC(=O)Nc1cc(C(C)C)ncn1. The highest BCUT2D eigenvalue weighted by molar-refractivity contribution is 5.90. The van der Waals surface area contributed by atoms with Crippen molar-refractivity contribution in [3.63, 3.8) is 0 Å². The van der Waals surface area contributed by atoms with Crippen LogP contribution < -0.4 is 5.32 Å². The fourth-order valence-corrected chi connectivity index (χ4v) is 1.07. The molecule has 0 saturated heterocycles. The van der Waals surface area contributed by atoms with Crippen LogP contribution in [0.5, 0.6) is 0 Å². The maximum atomic E-state index is 11.2. The second-order valence-corrected chi connectivity index (χ2v) is 3.46. The van der Waals surface area contributed by atoms with Crippen LogP contribution in [0.4, 0.5) is 5.82 Å². The molecule has 0 aliphatic heterocycles. The standard InChI is InChI=1S/C10H15N3O2/c1-7(2)8-4-9(12-6-11-8)13-10(14)5-15-3/h4,6-7H,5H2,1-3H3,(H,11,12,13,14). The van der Waals surface area contributed by atoms with E-state index in [-0.39, 0.29) is 12.5 Å². The van der Waals surface area contributed by atoms with E-state index in [1.165, 1.54) is 13.4 Å². The Morgan fingerprint density at radius 2 is 2.27 bits per heavy atom. The summed E-state index contributed by atoms with van der Waals surface area (Å²) in [7, 11) is 1.47. The number of carbonyl (C=O) groups excluding carboxylic acids is 1. The van der Waals surface area contributed by atoms with Gasteiger partial charge in [-0.25, -0.2) is 9.97 Å². The van der Waals surface area contributed by atoms with E-state index < -0.39 is 0 Å². The zero-order valence-corrected chi connectivity index (χ0v) is 9.15. The van der Waals surface area contributed by atoms with E-state index >= 15 is 0 Å². The molecule has 0 saturated carbocycles. The summed E-state index contributed by atoms with van der Waals surface area (Å²) in [6.45, 7) is 4.09. The van der Waals surface area contributed by atoms with Crippen LogP contribution in [-0.4, -0.2) is 29.6 Å². The van der Waals surface area contributed by atoms with Crippen molar-refractivity contribution in [2.75, 3.05) is 19.0 Å². The van der Waals surface area contributed by atoms with Crippen molar-refractivity contribution in [1.82, 2.24) is 9.97 Å². The minimum absolute atomic E-state index is 0.0288. The lowest BCUT2D eigenvalue weighted by atomic mass is 10.1. The normalized spacial score (nSPS) is 10.4. The molecule has 0 aliphatic carbocycles. The third kappa shape index (κ3) is 3.63. The van der Waals surface area contributed by atoms with Gasteiger partial charge in [-0.2, -0.15) is 0 Å². The van der Waals surface area contributed by atoms with Crippen LogP contribution in [0.2, 0.25) is 0 Å². The Morgan fingerprint density at radius 3 is 2.87 bits per heavy atom. The van der Waals surface area contributed by atoms with E-state index in [4.69, 9.17) is 4.74 Å². The molecule has 0 spiro atoms. The number of hydrogen-bond acceptors (Lipinski definition) is 4. The Balaban J connectivity index is 2.69. The van der Waals surface area contributed by atoms with Gasteiger partial charge in [0.1, 0.15) is 18.8 Å². The molecule has 1 heterocycles. The van der Waals surface area contributed by atoms with Gasteiger partial charge in [0.15, 0.2) is 0 Å². The lowest BCUT2D eigenvalue weighted by Gasteiger charge is -2.07. The molecule has 5 nitrogen and oxygen atoms in total. The molecule has 1 aromatic heterocycles. The number of anilines is 1. The number of methoxy groups -OCH3 is 1. The molecule has 0 unspecified atom stereocenters. The van der Waals surface area contributed by atoms with E-state index in [0.717, 1.165) is 5.69 Å². The van der Waals surface area contributed by atoms with Crippen LogP contribution in [0, 0.1) is 0 Å². The zero-order chi connectivity index (χ0) is 11.3. The molecule has 1 rings (SSSR count). The second-order valence-electron chi connectivity index (χ2n) is 3.46. The van der Waals surface area contributed by atoms with Crippen molar-refractivity contribution in [3.8, 4) is 0 Å². The summed E-state index contributed by atoms with van der Waals surface area (Å²) in [5, 5.41) is 2.62. The number of amides is 1. The van der Waals surface area contributed by atoms with Crippen LogP contribution in [0.15, 0.2) is 12.4 Å². The van der Waals surface area contributed by atoms with Crippen LogP contribution >= 0.6 is 0 Å². The van der Waals surface area contributed by atoms with E-state index in [1.807, 2.05) is 13.8 Å². The molecule has 5 heteroatoms. The summed E-state index contributed by atoms with van der Waals surface area (Å²) in [5.41, 5.74) is 0.901. The average molecular weight is 209 g/mol. The largest absolute Gasteiger partial charge is 0.375 e. The number of nitrogens with one attached hydrogen (secondary N) is 1. The van der Waals surface area contributed by atoms with Crippen LogP contribution in [0.3, 0.4) is 0 Å². The lowest BCUT2D eigenvalue weighted by molar-refractivity contribution is -0.119. The lowest BCUT2D eigenvalue weighted by Crippen LogP contribution is -2.18. The molecule has 15 heavy (non-hydrogen) atoms. The molecule has 0 bridgehead atoms. The van der Waals surface area contributed by atoms with Gasteiger partial charge >= 0.3 is 0 Å². The highest BCUT2D eigenvalue weighted by Gasteiger charge is 2.05. The average Bonchev–Trinajstić information content (AvgIpc) is 2.18. The van der Waals surface area contributed by atoms with Crippen molar-refractivity contribution in [2.24, 2.45) is 0 Å². The Labute approximate surface area is 88.9 Å². The maximum Gasteiger partial charge on any atom is 0.251 e. The van der Waals surface area contributed by atoms with Gasteiger partial charge in [0, 0.05) is 18.9 Å². The molecule has 0 atom stereocenters. The van der Waals surface area contributed by atoms with Crippen molar-refractivity contribution in [2.45, 2.75) is 19.8 Å². The fourth-order valence-electron chi connectivity index (χ4n) is 1.07. The highest BCUT2D eigenvalue weighted by Crippen LogP contribution is 2.13. The van der Waals surface area contributed by atoms with Gasteiger partial charge in [-0.1, -0.05) is 13.8 Å². The first-order valence-corrected chi connectivity index (χ1v) is 4.74. The molecular weight excluding hydrogens is 194 g/mol. The summed E-state index contributed by atoms with van der Waals surface area (Å²) in [5.74, 6) is 0.604. The molecule has 1 N–H and O–H groups in total. The highest BCUT2D eigenvalue weighted by atomic mass is 16.5. The summed E-state index contributed by atoms with van der Waals surface area (Å²) >= 11 is 0. The number of carbonyl (C=O) groups is 1. The van der Waals surface area contributed by atoms with Crippen molar-refractivity contribution in [3.05, 3.63) is 18.1 Å². The minimum atomic E-state index is -0.217. The summed E-state index contributed by atoms with van der Waals surface area (Å²) in [4.78, 5) is 19.2. The fraction of sp³-hybridized carbons (Fsp3) is 0.500. The van der Waals surface area contributed by atoms with Gasteiger partial charge < -0.3 is 10.1 Å². The third-order valence-electron chi connectivity index (χ3n) is 1.82. The van der Waals surface area contributed by atoms with Crippen LogP contribution in [-0.2, 0) is 9.53 Å². The summed E-state index contributed by atoms with van der Waals surface area (Å²) in [6.07, 6.45) is 1.44. The number of nitrogens with zero attached hydrogens (tertiary/aromatic N) is 2. The van der Waals surface area contributed by atoms with Crippen molar-refractivity contribution >= 4 is 11.7 Å². The van der Waals surface area contributed by atoms with E-state index in [2.05, 4.69) is 15.3 Å². The predicted molar refractivity (Wildman–Crippen MR) is 56.6 cm³/mol. The second kappa shape index (κ2) is 5.41. The minimum Gasteiger partial charge on any atom is -0.375 e. The van der Waals surface area contributed by atoms with Crippen LogP contribution in [0.25, 0.3) is 0 Å². The quantitative estimate of drug-likeness (QED) is 0.808. The van der Waals surface area contributed by atoms with Gasteiger partial charge in [0.25, 0.3) is 5.91 Å². The Morgan fingerprint density at radius 1 is 1.53 bits per heavy atom. The molecule has 0 aromatic carbocycles. The van der Waals surface area contributed by atoms with Gasteiger partial charge in [-0.05, 0) is 5.92 Å². The number of aromatic nitrogens is 2. The number of rotatable bonds is 4. The summed E-state index contributed by atoms with van der Waals surface area (Å²) < 4.78 is 4.70. The number of ether oxygens (including phenoxy) is 1. The molecular formula is C10H15N3O2. The molecule has 1 amide bonds. The predicted octanol–water partition coefficient (Wildman–Crippen LogP) is 1.18. The Bertz CT molecular complexity index is 339. The number of hydrogen-bond donors (Lipinski definition) is 1. The van der Waals surface area contributed by atoms with Crippen molar-refractivity contribution < 1.29 is 9.53 Å². The van der Waals surface area contributed by atoms with E-state index in [1.54, 1.807) is 6.07 Å². The molecule has 1 aromatic rings. The van der Waals surface area contributed by atoms with Crippen LogP contribution in [0.1, 0.15) is 25.5 Å². The van der Waals surface area contributed by atoms with E-state index in [0.29, 0.717) is 11.7 Å². The smallest absolute Gasteiger partial charge is 0.251 e. The first-order chi connectivity index (χ1) is 7.13. The summed E-state index contributed by atoms with van der Waals surface area (Å²) in [6, 6.07) is 1.76. The van der Waals surface area contributed by atoms with Gasteiger partial charge in [0.2, 0.25) is 0 Å². The zero-order valence-electron chi connectivity index (χ0n) is 9.15. The monoisotopic (exact) mass is 209 g/mol.